The summed E-state index contributed by atoms with van der Waals surface area (Å²) in [6.07, 6.45) is 0.312. The largest absolute Gasteiger partial charge is 0.281 e. The van der Waals surface area contributed by atoms with Gasteiger partial charge in [0.25, 0.3) is 0 Å². The topological polar surface area (TPSA) is 46.1 Å². The molecule has 0 spiro atoms. The summed E-state index contributed by atoms with van der Waals surface area (Å²) in [6, 6.07) is 33.6. The van der Waals surface area contributed by atoms with E-state index in [4.69, 9.17) is 0 Å². The molecular weight excluding hydrogens is 402 g/mol. The SMILES string of the molecule is O=C(Cc1ccc(-c2cccc3nsnc23)cc1)N(c1ccccc1)c1ccccc1. The Morgan fingerprint density at radius 2 is 1.35 bits per heavy atom. The van der Waals surface area contributed by atoms with Crippen LogP contribution in [0.25, 0.3) is 22.2 Å². The second kappa shape index (κ2) is 8.50. The fourth-order valence-corrected chi connectivity index (χ4v) is 4.24. The van der Waals surface area contributed by atoms with Crippen molar-refractivity contribution in [3.63, 3.8) is 0 Å². The summed E-state index contributed by atoms with van der Waals surface area (Å²) in [5.41, 5.74) is 6.63. The lowest BCUT2D eigenvalue weighted by Crippen LogP contribution is -2.27. The summed E-state index contributed by atoms with van der Waals surface area (Å²) < 4.78 is 8.75. The van der Waals surface area contributed by atoms with Crippen LogP contribution < -0.4 is 4.90 Å². The van der Waals surface area contributed by atoms with Gasteiger partial charge in [-0.05, 0) is 41.5 Å². The molecule has 5 heteroatoms. The molecule has 0 unspecified atom stereocenters. The molecule has 5 aromatic rings. The maximum absolute atomic E-state index is 13.3. The van der Waals surface area contributed by atoms with E-state index in [1.807, 2.05) is 97.1 Å². The number of rotatable bonds is 5. The van der Waals surface area contributed by atoms with E-state index in [0.29, 0.717) is 6.42 Å². The van der Waals surface area contributed by atoms with Crippen LogP contribution in [0.4, 0.5) is 11.4 Å². The first kappa shape index (κ1) is 19.2. The average Bonchev–Trinajstić information content (AvgIpc) is 3.30. The molecule has 31 heavy (non-hydrogen) atoms. The Bertz CT molecular complexity index is 1280. The lowest BCUT2D eigenvalue weighted by Gasteiger charge is -2.23. The van der Waals surface area contributed by atoms with Gasteiger partial charge in [0, 0.05) is 16.9 Å². The first-order chi connectivity index (χ1) is 15.3. The summed E-state index contributed by atoms with van der Waals surface area (Å²) in [5, 5.41) is 0. The lowest BCUT2D eigenvalue weighted by atomic mass is 10.0. The highest BCUT2D eigenvalue weighted by Crippen LogP contribution is 2.29. The van der Waals surface area contributed by atoms with Crippen molar-refractivity contribution in [3.05, 3.63) is 109 Å². The monoisotopic (exact) mass is 421 g/mol. The van der Waals surface area contributed by atoms with E-state index >= 15 is 0 Å². The fourth-order valence-electron chi connectivity index (χ4n) is 3.69. The predicted molar refractivity (Wildman–Crippen MR) is 127 cm³/mol. The van der Waals surface area contributed by atoms with Crippen LogP contribution in [0.5, 0.6) is 0 Å². The van der Waals surface area contributed by atoms with Gasteiger partial charge in [-0.3, -0.25) is 9.69 Å². The molecule has 0 aliphatic heterocycles. The predicted octanol–water partition coefficient (Wildman–Crippen LogP) is 6.27. The van der Waals surface area contributed by atoms with E-state index in [0.717, 1.165) is 39.1 Å². The lowest BCUT2D eigenvalue weighted by molar-refractivity contribution is -0.117. The fraction of sp³-hybridized carbons (Fsp3) is 0.0385. The van der Waals surface area contributed by atoms with Crippen LogP contribution >= 0.6 is 11.7 Å². The molecule has 0 radical (unpaired) electrons. The minimum Gasteiger partial charge on any atom is -0.281 e. The molecule has 0 fully saturated rings. The number of carbonyl (C=O) groups excluding carboxylic acids is 1. The first-order valence-corrected chi connectivity index (χ1v) is 10.8. The molecule has 0 N–H and O–H groups in total. The van der Waals surface area contributed by atoms with Crippen LogP contribution in [0.1, 0.15) is 5.56 Å². The number of nitrogens with zero attached hydrogens (tertiary/aromatic N) is 3. The highest BCUT2D eigenvalue weighted by molar-refractivity contribution is 7.00. The third-order valence-electron chi connectivity index (χ3n) is 5.18. The summed E-state index contributed by atoms with van der Waals surface area (Å²) in [7, 11) is 0. The molecule has 0 aliphatic carbocycles. The molecule has 0 aliphatic rings. The first-order valence-electron chi connectivity index (χ1n) is 10.0. The van der Waals surface area contributed by atoms with Crippen molar-refractivity contribution in [2.24, 2.45) is 0 Å². The van der Waals surface area contributed by atoms with Crippen LogP contribution in [0.2, 0.25) is 0 Å². The molecule has 0 saturated heterocycles. The van der Waals surface area contributed by atoms with Crippen molar-refractivity contribution in [3.8, 4) is 11.1 Å². The van der Waals surface area contributed by atoms with E-state index in [9.17, 15) is 4.79 Å². The number of benzene rings is 4. The number of aromatic nitrogens is 2. The van der Waals surface area contributed by atoms with Gasteiger partial charge in [0.15, 0.2) is 0 Å². The molecule has 150 valence electrons. The van der Waals surface area contributed by atoms with Crippen molar-refractivity contribution in [1.82, 2.24) is 8.75 Å². The molecule has 4 nitrogen and oxygen atoms in total. The smallest absolute Gasteiger partial charge is 0.235 e. The van der Waals surface area contributed by atoms with E-state index in [2.05, 4.69) is 14.8 Å². The van der Waals surface area contributed by atoms with E-state index in [1.165, 1.54) is 11.7 Å². The Hall–Kier alpha value is -3.83. The third kappa shape index (κ3) is 3.96. The molecule has 1 aromatic heterocycles. The molecule has 0 saturated carbocycles. The Morgan fingerprint density at radius 3 is 2.00 bits per heavy atom. The van der Waals surface area contributed by atoms with Gasteiger partial charge in [-0.15, -0.1) is 0 Å². The zero-order valence-electron chi connectivity index (χ0n) is 16.7. The number of hydrogen-bond acceptors (Lipinski definition) is 4. The van der Waals surface area contributed by atoms with Gasteiger partial charge in [-0.1, -0.05) is 72.8 Å². The quantitative estimate of drug-likeness (QED) is 0.336. The van der Waals surface area contributed by atoms with Gasteiger partial charge in [-0.2, -0.15) is 8.75 Å². The number of fused-ring (bicyclic) bond motifs is 1. The van der Waals surface area contributed by atoms with Crippen molar-refractivity contribution in [2.75, 3.05) is 4.90 Å². The molecule has 4 aromatic carbocycles. The number of para-hydroxylation sites is 2. The Kier molecular flexibility index (Phi) is 5.25. The zero-order valence-corrected chi connectivity index (χ0v) is 17.5. The van der Waals surface area contributed by atoms with Gasteiger partial charge < -0.3 is 0 Å². The zero-order chi connectivity index (χ0) is 21.0. The third-order valence-corrected chi connectivity index (χ3v) is 5.73. The Morgan fingerprint density at radius 1 is 0.710 bits per heavy atom. The summed E-state index contributed by atoms with van der Waals surface area (Å²) in [5.74, 6) is 0.0240. The summed E-state index contributed by atoms with van der Waals surface area (Å²) >= 11 is 1.22. The normalized spacial score (nSPS) is 10.8. The Balaban J connectivity index is 1.42. The summed E-state index contributed by atoms with van der Waals surface area (Å²) in [6.45, 7) is 0. The summed E-state index contributed by atoms with van der Waals surface area (Å²) in [4.78, 5) is 15.1. The van der Waals surface area contributed by atoms with Crippen LogP contribution in [-0.2, 0) is 11.2 Å². The van der Waals surface area contributed by atoms with Crippen molar-refractivity contribution >= 4 is 40.0 Å². The van der Waals surface area contributed by atoms with Gasteiger partial charge in [0.1, 0.15) is 11.0 Å². The van der Waals surface area contributed by atoms with Crippen LogP contribution in [0.15, 0.2) is 103 Å². The number of anilines is 2. The number of carbonyl (C=O) groups is 1. The number of amides is 1. The van der Waals surface area contributed by atoms with E-state index in [-0.39, 0.29) is 5.91 Å². The van der Waals surface area contributed by atoms with Crippen molar-refractivity contribution in [2.45, 2.75) is 6.42 Å². The van der Waals surface area contributed by atoms with Crippen molar-refractivity contribution < 1.29 is 4.79 Å². The molecule has 5 rings (SSSR count). The van der Waals surface area contributed by atoms with Gasteiger partial charge in [-0.25, -0.2) is 0 Å². The second-order valence-electron chi connectivity index (χ2n) is 7.21. The van der Waals surface area contributed by atoms with E-state index < -0.39 is 0 Å². The van der Waals surface area contributed by atoms with E-state index in [1.54, 1.807) is 4.90 Å². The van der Waals surface area contributed by atoms with Gasteiger partial charge in [0.05, 0.1) is 18.1 Å². The average molecular weight is 422 g/mol. The minimum absolute atomic E-state index is 0.0240. The van der Waals surface area contributed by atoms with Crippen LogP contribution in [0.3, 0.4) is 0 Å². The maximum Gasteiger partial charge on any atom is 0.235 e. The van der Waals surface area contributed by atoms with Crippen LogP contribution in [0, 0.1) is 0 Å². The highest BCUT2D eigenvalue weighted by atomic mass is 32.1. The molecule has 1 amide bonds. The van der Waals surface area contributed by atoms with Crippen LogP contribution in [-0.4, -0.2) is 14.7 Å². The molecular formula is C26H19N3OS. The molecule has 0 atom stereocenters. The Labute approximate surface area is 184 Å². The number of hydrogen-bond donors (Lipinski definition) is 0. The van der Waals surface area contributed by atoms with Gasteiger partial charge in [0.2, 0.25) is 5.91 Å². The minimum atomic E-state index is 0.0240. The molecule has 0 bridgehead atoms. The van der Waals surface area contributed by atoms with Crippen molar-refractivity contribution in [1.29, 1.82) is 0 Å². The molecule has 1 heterocycles. The second-order valence-corrected chi connectivity index (χ2v) is 7.74. The highest BCUT2D eigenvalue weighted by Gasteiger charge is 2.18. The van der Waals surface area contributed by atoms with Gasteiger partial charge >= 0.3 is 0 Å². The maximum atomic E-state index is 13.3. The standard InChI is InChI=1S/C26H19N3OS/c30-25(29(21-8-3-1-4-9-21)22-10-5-2-6-11-22)18-19-14-16-20(17-15-19)23-12-7-13-24-26(23)28-31-27-24/h1-17H,18H2.